The van der Waals surface area contributed by atoms with Crippen molar-refractivity contribution in [1.29, 1.82) is 0 Å². The summed E-state index contributed by atoms with van der Waals surface area (Å²) in [6.45, 7) is 0.214. The van der Waals surface area contributed by atoms with Crippen molar-refractivity contribution in [1.82, 2.24) is 0 Å². The number of ketones is 1. The number of benzene rings is 1. The zero-order chi connectivity index (χ0) is 10.1. The van der Waals surface area contributed by atoms with Crippen LogP contribution in [-0.4, -0.2) is 25.5 Å². The summed E-state index contributed by atoms with van der Waals surface area (Å²) in [6.07, 6.45) is 0. The van der Waals surface area contributed by atoms with Crippen LogP contribution < -0.4 is 15.2 Å². The molecule has 0 saturated carbocycles. The standard InChI is InChI=1S/C10H11NO3/c1-13-8-4-2-3-6-9(12)7(11)5-14-10(6)8/h2-4,7H,5,11H2,1H3. The fraction of sp³-hybridized carbons (Fsp3) is 0.300. The number of hydrogen-bond acceptors (Lipinski definition) is 4. The van der Waals surface area contributed by atoms with Crippen molar-refractivity contribution < 1.29 is 14.3 Å². The van der Waals surface area contributed by atoms with E-state index in [0.717, 1.165) is 0 Å². The summed E-state index contributed by atoms with van der Waals surface area (Å²) in [5.74, 6) is 0.981. The van der Waals surface area contributed by atoms with Crippen LogP contribution in [0.2, 0.25) is 0 Å². The zero-order valence-electron chi connectivity index (χ0n) is 7.82. The number of Topliss-reactive ketones (excluding diaryl/α,β-unsaturated/α-hetero) is 1. The maximum absolute atomic E-state index is 11.6. The lowest BCUT2D eigenvalue weighted by molar-refractivity contribution is 0.0896. The minimum atomic E-state index is -0.561. The molecule has 0 saturated heterocycles. The van der Waals surface area contributed by atoms with Crippen LogP contribution in [0.3, 0.4) is 0 Å². The van der Waals surface area contributed by atoms with Crippen molar-refractivity contribution in [3.8, 4) is 11.5 Å². The highest BCUT2D eigenvalue weighted by Gasteiger charge is 2.27. The third-order valence-corrected chi connectivity index (χ3v) is 2.21. The normalized spacial score (nSPS) is 19.9. The summed E-state index contributed by atoms with van der Waals surface area (Å²) >= 11 is 0. The molecular formula is C10H11NO3. The first-order chi connectivity index (χ1) is 6.74. The molecule has 1 aromatic carbocycles. The third-order valence-electron chi connectivity index (χ3n) is 2.21. The van der Waals surface area contributed by atoms with Crippen molar-refractivity contribution >= 4 is 5.78 Å². The van der Waals surface area contributed by atoms with Gasteiger partial charge >= 0.3 is 0 Å². The van der Waals surface area contributed by atoms with Gasteiger partial charge in [-0.3, -0.25) is 4.79 Å². The molecular weight excluding hydrogens is 182 g/mol. The molecule has 2 N–H and O–H groups in total. The summed E-state index contributed by atoms with van der Waals surface area (Å²) in [7, 11) is 1.54. The Labute approximate surface area is 81.6 Å². The average Bonchev–Trinajstić information content (AvgIpc) is 2.23. The molecule has 14 heavy (non-hydrogen) atoms. The van der Waals surface area contributed by atoms with E-state index < -0.39 is 6.04 Å². The summed E-state index contributed by atoms with van der Waals surface area (Å²) in [4.78, 5) is 11.6. The summed E-state index contributed by atoms with van der Waals surface area (Å²) < 4.78 is 10.4. The third kappa shape index (κ3) is 1.24. The molecule has 0 aromatic heterocycles. The van der Waals surface area contributed by atoms with Gasteiger partial charge in [0.25, 0.3) is 0 Å². The average molecular weight is 193 g/mol. The Bertz CT molecular complexity index is 376. The molecule has 1 heterocycles. The molecule has 0 aliphatic carbocycles. The second kappa shape index (κ2) is 3.31. The van der Waals surface area contributed by atoms with Gasteiger partial charge in [-0.15, -0.1) is 0 Å². The van der Waals surface area contributed by atoms with E-state index in [1.807, 2.05) is 0 Å². The van der Waals surface area contributed by atoms with Gasteiger partial charge in [-0.05, 0) is 12.1 Å². The van der Waals surface area contributed by atoms with Crippen molar-refractivity contribution in [3.63, 3.8) is 0 Å². The van der Waals surface area contributed by atoms with Gasteiger partial charge in [0.15, 0.2) is 17.3 Å². The van der Waals surface area contributed by atoms with E-state index in [-0.39, 0.29) is 12.4 Å². The lowest BCUT2D eigenvalue weighted by Gasteiger charge is -2.22. The predicted octanol–water partition coefficient (Wildman–Crippen LogP) is 0.598. The minimum absolute atomic E-state index is 0.0925. The zero-order valence-corrected chi connectivity index (χ0v) is 7.82. The highest BCUT2D eigenvalue weighted by atomic mass is 16.5. The predicted molar refractivity (Wildman–Crippen MR) is 50.8 cm³/mol. The molecule has 0 spiro atoms. The fourth-order valence-corrected chi connectivity index (χ4v) is 1.47. The Morgan fingerprint density at radius 2 is 2.36 bits per heavy atom. The van der Waals surface area contributed by atoms with Gasteiger partial charge in [0.1, 0.15) is 12.6 Å². The van der Waals surface area contributed by atoms with Crippen LogP contribution in [0.5, 0.6) is 11.5 Å². The molecule has 1 atom stereocenters. The highest BCUT2D eigenvalue weighted by Crippen LogP contribution is 2.33. The topological polar surface area (TPSA) is 61.6 Å². The van der Waals surface area contributed by atoms with E-state index in [0.29, 0.717) is 17.1 Å². The van der Waals surface area contributed by atoms with Crippen LogP contribution >= 0.6 is 0 Å². The smallest absolute Gasteiger partial charge is 0.186 e. The maximum Gasteiger partial charge on any atom is 0.186 e. The van der Waals surface area contributed by atoms with E-state index in [2.05, 4.69) is 0 Å². The highest BCUT2D eigenvalue weighted by molar-refractivity contribution is 6.04. The molecule has 0 radical (unpaired) electrons. The quantitative estimate of drug-likeness (QED) is 0.709. The Balaban J connectivity index is 2.52. The van der Waals surface area contributed by atoms with Gasteiger partial charge in [0, 0.05) is 0 Å². The first-order valence-corrected chi connectivity index (χ1v) is 4.33. The van der Waals surface area contributed by atoms with Gasteiger partial charge in [0.2, 0.25) is 0 Å². The number of fused-ring (bicyclic) bond motifs is 1. The fourth-order valence-electron chi connectivity index (χ4n) is 1.47. The van der Waals surface area contributed by atoms with Crippen LogP contribution in [-0.2, 0) is 0 Å². The first-order valence-electron chi connectivity index (χ1n) is 4.33. The molecule has 0 amide bonds. The molecule has 0 bridgehead atoms. The largest absolute Gasteiger partial charge is 0.493 e. The van der Waals surface area contributed by atoms with Crippen LogP contribution in [0.15, 0.2) is 18.2 Å². The van der Waals surface area contributed by atoms with E-state index in [1.54, 1.807) is 18.2 Å². The lowest BCUT2D eigenvalue weighted by Crippen LogP contribution is -2.40. The number of carbonyl (C=O) groups excluding carboxylic acids is 1. The molecule has 1 aromatic rings. The second-order valence-electron chi connectivity index (χ2n) is 3.12. The Hall–Kier alpha value is -1.55. The number of methoxy groups -OCH3 is 1. The van der Waals surface area contributed by atoms with Crippen molar-refractivity contribution in [2.24, 2.45) is 5.73 Å². The summed E-state index contributed by atoms with van der Waals surface area (Å²) in [6, 6.07) is 4.63. The van der Waals surface area contributed by atoms with Gasteiger partial charge in [-0.1, -0.05) is 6.07 Å². The minimum Gasteiger partial charge on any atom is -0.493 e. The van der Waals surface area contributed by atoms with Gasteiger partial charge in [0.05, 0.1) is 12.7 Å². The van der Waals surface area contributed by atoms with E-state index in [4.69, 9.17) is 15.2 Å². The number of ether oxygens (including phenoxy) is 2. The Kier molecular flexibility index (Phi) is 2.13. The summed E-state index contributed by atoms with van der Waals surface area (Å²) in [5, 5.41) is 0. The van der Waals surface area contributed by atoms with Crippen molar-refractivity contribution in [3.05, 3.63) is 23.8 Å². The van der Waals surface area contributed by atoms with Crippen molar-refractivity contribution in [2.45, 2.75) is 6.04 Å². The van der Waals surface area contributed by atoms with E-state index in [9.17, 15) is 4.79 Å². The van der Waals surface area contributed by atoms with Crippen molar-refractivity contribution in [2.75, 3.05) is 13.7 Å². The van der Waals surface area contributed by atoms with Crippen LogP contribution in [0.4, 0.5) is 0 Å². The Morgan fingerprint density at radius 3 is 3.07 bits per heavy atom. The van der Waals surface area contributed by atoms with Gasteiger partial charge in [-0.25, -0.2) is 0 Å². The second-order valence-corrected chi connectivity index (χ2v) is 3.12. The van der Waals surface area contributed by atoms with Gasteiger partial charge in [-0.2, -0.15) is 0 Å². The molecule has 74 valence electrons. The first kappa shape index (κ1) is 9.02. The van der Waals surface area contributed by atoms with E-state index in [1.165, 1.54) is 7.11 Å². The molecule has 4 nitrogen and oxygen atoms in total. The maximum atomic E-state index is 11.6. The summed E-state index contributed by atoms with van der Waals surface area (Å²) in [5.41, 5.74) is 6.07. The SMILES string of the molecule is COc1cccc2c1OCC(N)C2=O. The van der Waals surface area contributed by atoms with Crippen LogP contribution in [0.25, 0.3) is 0 Å². The number of nitrogens with two attached hydrogens (primary N) is 1. The number of rotatable bonds is 1. The monoisotopic (exact) mass is 193 g/mol. The molecule has 2 rings (SSSR count). The van der Waals surface area contributed by atoms with E-state index >= 15 is 0 Å². The lowest BCUT2D eigenvalue weighted by atomic mass is 10.0. The number of hydrogen-bond donors (Lipinski definition) is 1. The molecule has 1 unspecified atom stereocenters. The molecule has 4 heteroatoms. The van der Waals surface area contributed by atoms with Crippen LogP contribution in [0, 0.1) is 0 Å². The molecule has 1 aliphatic rings. The van der Waals surface area contributed by atoms with Gasteiger partial charge < -0.3 is 15.2 Å². The number of para-hydroxylation sites is 1. The van der Waals surface area contributed by atoms with Crippen LogP contribution in [0.1, 0.15) is 10.4 Å². The molecule has 1 aliphatic heterocycles. The molecule has 0 fully saturated rings. The Morgan fingerprint density at radius 1 is 1.57 bits per heavy atom. The number of carbonyl (C=O) groups is 1.